The fourth-order valence-corrected chi connectivity index (χ4v) is 1.35. The van der Waals surface area contributed by atoms with Crippen LogP contribution in [-0.2, 0) is 9.53 Å². The Labute approximate surface area is 109 Å². The van der Waals surface area contributed by atoms with Crippen molar-refractivity contribution in [1.29, 1.82) is 0 Å². The third-order valence-corrected chi connectivity index (χ3v) is 2.32. The number of hydrogen-bond acceptors (Lipinski definition) is 4. The van der Waals surface area contributed by atoms with Crippen LogP contribution in [0.2, 0.25) is 0 Å². The predicted molar refractivity (Wildman–Crippen MR) is 67.5 cm³/mol. The van der Waals surface area contributed by atoms with Gasteiger partial charge in [0.05, 0.1) is 12.8 Å². The van der Waals surface area contributed by atoms with Crippen molar-refractivity contribution in [3.63, 3.8) is 0 Å². The van der Waals surface area contributed by atoms with Crippen molar-refractivity contribution in [3.8, 4) is 5.75 Å². The highest BCUT2D eigenvalue weighted by molar-refractivity contribution is 5.95. The van der Waals surface area contributed by atoms with Gasteiger partial charge in [0, 0.05) is 5.69 Å². The van der Waals surface area contributed by atoms with Crippen LogP contribution in [0.3, 0.4) is 0 Å². The van der Waals surface area contributed by atoms with Crippen molar-refractivity contribution < 1.29 is 23.0 Å². The molecule has 1 unspecified atom stereocenters. The number of amides is 1. The van der Waals surface area contributed by atoms with Crippen molar-refractivity contribution in [2.75, 3.05) is 24.8 Å². The largest absolute Gasteiger partial charge is 0.495 e. The third-order valence-electron chi connectivity index (χ3n) is 2.32. The van der Waals surface area contributed by atoms with Crippen LogP contribution in [0.15, 0.2) is 18.2 Å². The number of carbonyl (C=O) groups is 1. The van der Waals surface area contributed by atoms with Crippen molar-refractivity contribution in [2.24, 2.45) is 0 Å². The minimum atomic E-state index is -2.61. The molecule has 1 atom stereocenters. The molecule has 5 nitrogen and oxygen atoms in total. The first-order valence-electron chi connectivity index (χ1n) is 5.58. The van der Waals surface area contributed by atoms with E-state index in [1.807, 2.05) is 0 Å². The van der Waals surface area contributed by atoms with Gasteiger partial charge in [0.1, 0.15) is 18.5 Å². The molecule has 0 saturated carbocycles. The van der Waals surface area contributed by atoms with E-state index in [-0.39, 0.29) is 0 Å². The van der Waals surface area contributed by atoms with Crippen LogP contribution in [0.1, 0.15) is 6.92 Å². The Hall–Kier alpha value is -1.89. The summed E-state index contributed by atoms with van der Waals surface area (Å²) >= 11 is 0. The number of ether oxygens (including phenoxy) is 2. The topological polar surface area (TPSA) is 73.6 Å². The number of rotatable bonds is 6. The van der Waals surface area contributed by atoms with Gasteiger partial charge in [0.2, 0.25) is 0 Å². The van der Waals surface area contributed by atoms with Crippen LogP contribution in [-0.4, -0.2) is 32.2 Å². The number of alkyl halides is 2. The van der Waals surface area contributed by atoms with Gasteiger partial charge in [0.25, 0.3) is 12.3 Å². The average Bonchev–Trinajstić information content (AvgIpc) is 2.36. The Bertz CT molecular complexity index is 441. The van der Waals surface area contributed by atoms with E-state index in [2.05, 4.69) is 5.32 Å². The second-order valence-corrected chi connectivity index (χ2v) is 3.82. The summed E-state index contributed by atoms with van der Waals surface area (Å²) in [6.07, 6.45) is -3.61. The molecule has 1 amide bonds. The molecule has 0 radical (unpaired) electrons. The van der Waals surface area contributed by atoms with Crippen molar-refractivity contribution >= 4 is 17.3 Å². The Balaban J connectivity index is 2.68. The van der Waals surface area contributed by atoms with Crippen LogP contribution in [0.25, 0.3) is 0 Å². The lowest BCUT2D eigenvalue weighted by molar-refractivity contribution is -0.128. The normalized spacial score (nSPS) is 12.3. The summed E-state index contributed by atoms with van der Waals surface area (Å²) in [5.41, 5.74) is 6.40. The Morgan fingerprint density at radius 3 is 2.74 bits per heavy atom. The van der Waals surface area contributed by atoms with Crippen LogP contribution < -0.4 is 15.8 Å². The predicted octanol–water partition coefficient (Wildman–Crippen LogP) is 1.89. The van der Waals surface area contributed by atoms with Gasteiger partial charge in [-0.15, -0.1) is 0 Å². The van der Waals surface area contributed by atoms with Gasteiger partial charge in [-0.1, -0.05) is 0 Å². The summed E-state index contributed by atoms with van der Waals surface area (Å²) in [4.78, 5) is 11.7. The minimum absolute atomic E-state index is 0.361. The molecule has 0 spiro atoms. The van der Waals surface area contributed by atoms with E-state index in [1.54, 1.807) is 12.1 Å². The number of hydrogen-bond donors (Lipinski definition) is 2. The molecule has 7 heteroatoms. The lowest BCUT2D eigenvalue weighted by atomic mass is 10.2. The fourth-order valence-electron chi connectivity index (χ4n) is 1.35. The number of benzene rings is 1. The molecule has 1 aromatic carbocycles. The van der Waals surface area contributed by atoms with E-state index >= 15 is 0 Å². The minimum Gasteiger partial charge on any atom is -0.495 e. The van der Waals surface area contributed by atoms with Crippen LogP contribution in [0, 0.1) is 0 Å². The van der Waals surface area contributed by atoms with E-state index in [9.17, 15) is 13.6 Å². The number of anilines is 2. The van der Waals surface area contributed by atoms with E-state index in [4.69, 9.17) is 15.2 Å². The molecule has 3 N–H and O–H groups in total. The molecule has 1 aromatic rings. The molecule has 0 bridgehead atoms. The Kier molecular flexibility index (Phi) is 5.50. The van der Waals surface area contributed by atoms with E-state index in [0.29, 0.717) is 17.1 Å². The summed E-state index contributed by atoms with van der Waals surface area (Å²) < 4.78 is 33.7. The summed E-state index contributed by atoms with van der Waals surface area (Å²) in [5.74, 6) is -0.131. The zero-order valence-corrected chi connectivity index (χ0v) is 10.7. The second kappa shape index (κ2) is 6.89. The molecule has 0 saturated heterocycles. The Morgan fingerprint density at radius 1 is 1.47 bits per heavy atom. The molecule has 1 rings (SSSR count). The number of nitrogens with one attached hydrogen (secondary N) is 1. The molecule has 0 aromatic heterocycles. The van der Waals surface area contributed by atoms with E-state index in [1.165, 1.54) is 20.1 Å². The standard InChI is InChI=1S/C12H16F2N2O3/c1-7(19-6-11(13)14)12(17)16-9-5-8(15)3-4-10(9)18-2/h3-5,7,11H,6,15H2,1-2H3,(H,16,17). The average molecular weight is 274 g/mol. The maximum absolute atomic E-state index is 12.0. The third kappa shape index (κ3) is 4.70. The molecule has 106 valence electrons. The highest BCUT2D eigenvalue weighted by Crippen LogP contribution is 2.26. The first-order chi connectivity index (χ1) is 8.93. The van der Waals surface area contributed by atoms with Crippen molar-refractivity contribution in [3.05, 3.63) is 18.2 Å². The quantitative estimate of drug-likeness (QED) is 0.777. The lowest BCUT2D eigenvalue weighted by Gasteiger charge is -2.15. The highest BCUT2D eigenvalue weighted by Gasteiger charge is 2.17. The molecular weight excluding hydrogens is 258 g/mol. The summed E-state index contributed by atoms with van der Waals surface area (Å²) in [6.45, 7) is 0.596. The maximum Gasteiger partial charge on any atom is 0.261 e. The molecule has 0 aliphatic heterocycles. The smallest absolute Gasteiger partial charge is 0.261 e. The first-order valence-corrected chi connectivity index (χ1v) is 5.58. The van der Waals surface area contributed by atoms with Gasteiger partial charge in [-0.25, -0.2) is 8.78 Å². The van der Waals surface area contributed by atoms with Gasteiger partial charge in [-0.05, 0) is 25.1 Å². The molecular formula is C12H16F2N2O3. The zero-order valence-electron chi connectivity index (χ0n) is 10.7. The van der Waals surface area contributed by atoms with E-state index in [0.717, 1.165) is 0 Å². The maximum atomic E-state index is 12.0. The van der Waals surface area contributed by atoms with Crippen LogP contribution >= 0.6 is 0 Å². The van der Waals surface area contributed by atoms with Gasteiger partial charge < -0.3 is 20.5 Å². The second-order valence-electron chi connectivity index (χ2n) is 3.82. The summed E-state index contributed by atoms with van der Waals surface area (Å²) in [7, 11) is 1.44. The monoisotopic (exact) mass is 274 g/mol. The van der Waals surface area contributed by atoms with Crippen molar-refractivity contribution in [1.82, 2.24) is 0 Å². The van der Waals surface area contributed by atoms with Gasteiger partial charge in [0.15, 0.2) is 0 Å². The fraction of sp³-hybridized carbons (Fsp3) is 0.417. The first kappa shape index (κ1) is 15.2. The van der Waals surface area contributed by atoms with Gasteiger partial charge in [-0.3, -0.25) is 4.79 Å². The zero-order chi connectivity index (χ0) is 14.4. The van der Waals surface area contributed by atoms with Crippen molar-refractivity contribution in [2.45, 2.75) is 19.5 Å². The number of carbonyl (C=O) groups excluding carboxylic acids is 1. The Morgan fingerprint density at radius 2 is 2.16 bits per heavy atom. The summed E-state index contributed by atoms with van der Waals surface area (Å²) in [6, 6.07) is 4.72. The number of methoxy groups -OCH3 is 1. The van der Waals surface area contributed by atoms with E-state index < -0.39 is 25.0 Å². The molecule has 19 heavy (non-hydrogen) atoms. The van der Waals surface area contributed by atoms with Gasteiger partial charge >= 0.3 is 0 Å². The molecule has 0 aliphatic rings. The van der Waals surface area contributed by atoms with Crippen LogP contribution in [0.4, 0.5) is 20.2 Å². The number of halogens is 2. The SMILES string of the molecule is COc1ccc(N)cc1NC(=O)C(C)OCC(F)F. The summed E-state index contributed by atoms with van der Waals surface area (Å²) in [5, 5.41) is 2.51. The molecule has 0 heterocycles. The highest BCUT2D eigenvalue weighted by atomic mass is 19.3. The molecule has 0 fully saturated rings. The molecule has 0 aliphatic carbocycles. The lowest BCUT2D eigenvalue weighted by Crippen LogP contribution is -2.29. The van der Waals surface area contributed by atoms with Crippen LogP contribution in [0.5, 0.6) is 5.75 Å². The van der Waals surface area contributed by atoms with Gasteiger partial charge in [-0.2, -0.15) is 0 Å². The number of nitrogens with two attached hydrogens (primary N) is 1. The number of nitrogen functional groups attached to an aromatic ring is 1.